The van der Waals surface area contributed by atoms with Gasteiger partial charge in [-0.1, -0.05) is 11.6 Å². The lowest BCUT2D eigenvalue weighted by molar-refractivity contribution is -0.141. The average Bonchev–Trinajstić information content (AvgIpc) is 2.25. The molecule has 1 aromatic rings. The molecule has 0 fully saturated rings. The first kappa shape index (κ1) is 14.2. The Bertz CT molecular complexity index is 434. The number of anilines is 1. The van der Waals surface area contributed by atoms with Gasteiger partial charge in [-0.3, -0.25) is 4.79 Å². The highest BCUT2D eigenvalue weighted by molar-refractivity contribution is 6.30. The standard InChI is InChI=1S/C11H12ClFN2O3/c1-2-18-10(16)6-14-11(17)15-9-4-7(12)3-8(13)5-9/h3-5H,2,6H2,1H3,(H2,14,15,17). The molecule has 2 N–H and O–H groups in total. The van der Waals surface area contributed by atoms with Gasteiger partial charge in [-0.05, 0) is 25.1 Å². The van der Waals surface area contributed by atoms with E-state index in [-0.39, 0.29) is 23.9 Å². The summed E-state index contributed by atoms with van der Waals surface area (Å²) in [6, 6.07) is 2.96. The van der Waals surface area contributed by atoms with Crippen molar-refractivity contribution in [3.63, 3.8) is 0 Å². The molecule has 5 nitrogen and oxygen atoms in total. The molecule has 0 aromatic heterocycles. The largest absolute Gasteiger partial charge is 0.465 e. The Hall–Kier alpha value is -1.82. The fraction of sp³-hybridized carbons (Fsp3) is 0.273. The van der Waals surface area contributed by atoms with Gasteiger partial charge in [0.2, 0.25) is 0 Å². The molecule has 0 saturated heterocycles. The first-order chi connectivity index (χ1) is 8.51. The molecule has 7 heteroatoms. The average molecular weight is 275 g/mol. The number of ether oxygens (including phenoxy) is 1. The van der Waals surface area contributed by atoms with Gasteiger partial charge in [-0.25, -0.2) is 9.18 Å². The zero-order valence-corrected chi connectivity index (χ0v) is 10.4. The predicted octanol–water partition coefficient (Wildman–Crippen LogP) is 2.16. The van der Waals surface area contributed by atoms with Crippen molar-refractivity contribution in [3.8, 4) is 0 Å². The Kier molecular flexibility index (Phi) is 5.38. The zero-order valence-electron chi connectivity index (χ0n) is 9.63. The van der Waals surface area contributed by atoms with E-state index < -0.39 is 17.8 Å². The Morgan fingerprint density at radius 3 is 2.72 bits per heavy atom. The van der Waals surface area contributed by atoms with E-state index in [1.165, 1.54) is 6.07 Å². The van der Waals surface area contributed by atoms with Crippen LogP contribution in [0.5, 0.6) is 0 Å². The van der Waals surface area contributed by atoms with Gasteiger partial charge in [-0.2, -0.15) is 0 Å². The van der Waals surface area contributed by atoms with Gasteiger partial charge < -0.3 is 15.4 Å². The van der Waals surface area contributed by atoms with E-state index in [1.807, 2.05) is 0 Å². The summed E-state index contributed by atoms with van der Waals surface area (Å²) in [6.07, 6.45) is 0. The summed E-state index contributed by atoms with van der Waals surface area (Å²) in [5.74, 6) is -1.12. The molecule has 1 aromatic carbocycles. The summed E-state index contributed by atoms with van der Waals surface area (Å²) in [7, 11) is 0. The van der Waals surface area contributed by atoms with Crippen molar-refractivity contribution in [2.45, 2.75) is 6.92 Å². The number of benzene rings is 1. The molecule has 0 atom stereocenters. The third kappa shape index (κ3) is 5.01. The van der Waals surface area contributed by atoms with Crippen molar-refractivity contribution < 1.29 is 18.7 Å². The molecular weight excluding hydrogens is 263 g/mol. The maximum absolute atomic E-state index is 13.0. The van der Waals surface area contributed by atoms with Crippen LogP contribution in [0.4, 0.5) is 14.9 Å². The molecule has 2 amide bonds. The number of amides is 2. The van der Waals surface area contributed by atoms with Gasteiger partial charge in [0.15, 0.2) is 0 Å². The molecule has 0 unspecified atom stereocenters. The van der Waals surface area contributed by atoms with E-state index in [1.54, 1.807) is 6.92 Å². The van der Waals surface area contributed by atoms with Gasteiger partial charge >= 0.3 is 12.0 Å². The Labute approximate surface area is 108 Å². The number of carbonyl (C=O) groups excluding carboxylic acids is 2. The minimum Gasteiger partial charge on any atom is -0.465 e. The molecule has 0 aliphatic carbocycles. The van der Waals surface area contributed by atoms with Gasteiger partial charge in [0.25, 0.3) is 0 Å². The van der Waals surface area contributed by atoms with Crippen molar-refractivity contribution in [2.24, 2.45) is 0 Å². The molecule has 0 bridgehead atoms. The number of esters is 1. The summed E-state index contributed by atoms with van der Waals surface area (Å²) < 4.78 is 17.6. The van der Waals surface area contributed by atoms with E-state index in [0.717, 1.165) is 12.1 Å². The van der Waals surface area contributed by atoms with Crippen LogP contribution in [0.1, 0.15) is 6.92 Å². The number of hydrogen-bond acceptors (Lipinski definition) is 3. The highest BCUT2D eigenvalue weighted by atomic mass is 35.5. The van der Waals surface area contributed by atoms with Crippen LogP contribution in [0.25, 0.3) is 0 Å². The topological polar surface area (TPSA) is 67.4 Å². The Balaban J connectivity index is 2.47. The zero-order chi connectivity index (χ0) is 13.5. The lowest BCUT2D eigenvalue weighted by atomic mass is 10.3. The molecule has 0 aliphatic rings. The molecule has 18 heavy (non-hydrogen) atoms. The molecule has 0 aliphatic heterocycles. The highest BCUT2D eigenvalue weighted by Gasteiger charge is 2.07. The van der Waals surface area contributed by atoms with Crippen LogP contribution in [0, 0.1) is 5.82 Å². The minimum atomic E-state index is -0.648. The summed E-state index contributed by atoms with van der Waals surface area (Å²) in [6.45, 7) is 1.64. The normalized spacial score (nSPS) is 9.72. The summed E-state index contributed by atoms with van der Waals surface area (Å²) in [4.78, 5) is 22.3. The number of urea groups is 1. The molecule has 98 valence electrons. The smallest absolute Gasteiger partial charge is 0.325 e. The molecule has 1 rings (SSSR count). The quantitative estimate of drug-likeness (QED) is 0.827. The van der Waals surface area contributed by atoms with Crippen LogP contribution in [0.15, 0.2) is 18.2 Å². The summed E-state index contributed by atoms with van der Waals surface area (Å²) in [5, 5.41) is 4.77. The summed E-state index contributed by atoms with van der Waals surface area (Å²) in [5.41, 5.74) is 0.196. The minimum absolute atomic E-state index is 0.163. The number of halogens is 2. The van der Waals surface area contributed by atoms with Crippen LogP contribution in [-0.2, 0) is 9.53 Å². The Morgan fingerprint density at radius 2 is 2.11 bits per heavy atom. The number of carbonyl (C=O) groups is 2. The van der Waals surface area contributed by atoms with Crippen molar-refractivity contribution in [2.75, 3.05) is 18.5 Å². The third-order valence-electron chi connectivity index (χ3n) is 1.82. The number of nitrogens with one attached hydrogen (secondary N) is 2. The van der Waals surface area contributed by atoms with Crippen LogP contribution < -0.4 is 10.6 Å². The fourth-order valence-electron chi connectivity index (χ4n) is 1.17. The van der Waals surface area contributed by atoms with E-state index in [0.29, 0.717) is 0 Å². The number of rotatable bonds is 4. The first-order valence-electron chi connectivity index (χ1n) is 5.18. The lowest BCUT2D eigenvalue weighted by Crippen LogP contribution is -2.34. The summed E-state index contributed by atoms with van der Waals surface area (Å²) >= 11 is 5.62. The second-order valence-corrected chi connectivity index (χ2v) is 3.71. The van der Waals surface area contributed by atoms with Crippen molar-refractivity contribution in [1.29, 1.82) is 0 Å². The van der Waals surface area contributed by atoms with Crippen LogP contribution in [0.2, 0.25) is 5.02 Å². The fourth-order valence-corrected chi connectivity index (χ4v) is 1.39. The Morgan fingerprint density at radius 1 is 1.39 bits per heavy atom. The van der Waals surface area contributed by atoms with Gasteiger partial charge in [0.05, 0.1) is 6.61 Å². The van der Waals surface area contributed by atoms with E-state index in [2.05, 4.69) is 15.4 Å². The van der Waals surface area contributed by atoms with E-state index in [4.69, 9.17) is 11.6 Å². The molecule has 0 radical (unpaired) electrons. The second-order valence-electron chi connectivity index (χ2n) is 3.27. The predicted molar refractivity (Wildman–Crippen MR) is 65.1 cm³/mol. The van der Waals surface area contributed by atoms with Crippen molar-refractivity contribution in [3.05, 3.63) is 29.0 Å². The maximum Gasteiger partial charge on any atom is 0.325 e. The van der Waals surface area contributed by atoms with Gasteiger partial charge in [-0.15, -0.1) is 0 Å². The lowest BCUT2D eigenvalue weighted by Gasteiger charge is -2.07. The second kappa shape index (κ2) is 6.80. The third-order valence-corrected chi connectivity index (χ3v) is 2.04. The van der Waals surface area contributed by atoms with Crippen LogP contribution >= 0.6 is 11.6 Å². The van der Waals surface area contributed by atoms with Crippen LogP contribution in [0.3, 0.4) is 0 Å². The molecule has 0 spiro atoms. The van der Waals surface area contributed by atoms with E-state index in [9.17, 15) is 14.0 Å². The molecular formula is C11H12ClFN2O3. The molecule has 0 heterocycles. The monoisotopic (exact) mass is 274 g/mol. The SMILES string of the molecule is CCOC(=O)CNC(=O)Nc1cc(F)cc(Cl)c1. The van der Waals surface area contributed by atoms with Crippen molar-refractivity contribution in [1.82, 2.24) is 5.32 Å². The van der Waals surface area contributed by atoms with Gasteiger partial charge in [0.1, 0.15) is 12.4 Å². The van der Waals surface area contributed by atoms with Gasteiger partial charge in [0, 0.05) is 10.7 Å². The first-order valence-corrected chi connectivity index (χ1v) is 5.55. The van der Waals surface area contributed by atoms with Crippen molar-refractivity contribution >= 4 is 29.3 Å². The van der Waals surface area contributed by atoms with E-state index >= 15 is 0 Å². The highest BCUT2D eigenvalue weighted by Crippen LogP contribution is 2.17. The maximum atomic E-state index is 13.0. The van der Waals surface area contributed by atoms with Crippen LogP contribution in [-0.4, -0.2) is 25.2 Å². The molecule has 0 saturated carbocycles. The number of hydrogen-bond donors (Lipinski definition) is 2.